The molecule has 0 saturated heterocycles. The molecule has 0 N–H and O–H groups in total. The van der Waals surface area contributed by atoms with Crippen molar-refractivity contribution in [3.8, 4) is 6.07 Å². The Labute approximate surface area is 98.3 Å². The zero-order valence-corrected chi connectivity index (χ0v) is 9.09. The van der Waals surface area contributed by atoms with Crippen molar-refractivity contribution >= 4 is 11.6 Å². The first kappa shape index (κ1) is 10.6. The number of aromatic nitrogens is 2. The highest BCUT2D eigenvalue weighted by molar-refractivity contribution is 6.30. The van der Waals surface area contributed by atoms with Crippen LogP contribution in [0.15, 0.2) is 42.6 Å². The van der Waals surface area contributed by atoms with Gasteiger partial charge in [-0.05, 0) is 29.8 Å². The Morgan fingerprint density at radius 2 is 1.94 bits per heavy atom. The summed E-state index contributed by atoms with van der Waals surface area (Å²) in [4.78, 5) is 0. The van der Waals surface area contributed by atoms with Gasteiger partial charge in [0.25, 0.3) is 0 Å². The van der Waals surface area contributed by atoms with E-state index in [1.54, 1.807) is 30.5 Å². The first-order valence-electron chi connectivity index (χ1n) is 4.74. The van der Waals surface area contributed by atoms with Crippen LogP contribution in [0.1, 0.15) is 17.2 Å². The SMILES string of the molecule is N#CC(c1ccc(Cl)cc1)c1cccnn1. The molecule has 0 fully saturated rings. The summed E-state index contributed by atoms with van der Waals surface area (Å²) in [6, 6.07) is 12.9. The number of benzene rings is 1. The predicted octanol–water partition coefficient (Wildman–Crippen LogP) is 2.79. The van der Waals surface area contributed by atoms with Crippen molar-refractivity contribution in [3.05, 3.63) is 58.9 Å². The molecule has 0 saturated carbocycles. The van der Waals surface area contributed by atoms with Crippen LogP contribution in [0.4, 0.5) is 0 Å². The summed E-state index contributed by atoms with van der Waals surface area (Å²) < 4.78 is 0. The van der Waals surface area contributed by atoms with Gasteiger partial charge in [-0.1, -0.05) is 23.7 Å². The van der Waals surface area contributed by atoms with Gasteiger partial charge in [-0.2, -0.15) is 15.5 Å². The second-order valence-electron chi connectivity index (χ2n) is 3.26. The molecule has 4 heteroatoms. The highest BCUT2D eigenvalue weighted by atomic mass is 35.5. The van der Waals surface area contributed by atoms with Crippen molar-refractivity contribution in [2.75, 3.05) is 0 Å². The summed E-state index contributed by atoms with van der Waals surface area (Å²) >= 11 is 5.79. The van der Waals surface area contributed by atoms with Crippen molar-refractivity contribution in [1.82, 2.24) is 10.2 Å². The monoisotopic (exact) mass is 229 g/mol. The standard InChI is InChI=1S/C12H8ClN3/c13-10-5-3-9(4-6-10)11(8-14)12-2-1-7-15-16-12/h1-7,11H. The van der Waals surface area contributed by atoms with E-state index in [0.717, 1.165) is 5.56 Å². The topological polar surface area (TPSA) is 49.6 Å². The van der Waals surface area contributed by atoms with E-state index >= 15 is 0 Å². The summed E-state index contributed by atoms with van der Waals surface area (Å²) in [5, 5.41) is 17.5. The molecule has 0 aliphatic heterocycles. The highest BCUT2D eigenvalue weighted by Crippen LogP contribution is 2.22. The lowest BCUT2D eigenvalue weighted by Crippen LogP contribution is -2.01. The second kappa shape index (κ2) is 4.73. The van der Waals surface area contributed by atoms with Crippen LogP contribution in [-0.4, -0.2) is 10.2 Å². The van der Waals surface area contributed by atoms with Crippen molar-refractivity contribution in [1.29, 1.82) is 5.26 Å². The van der Waals surface area contributed by atoms with Gasteiger partial charge in [0, 0.05) is 11.2 Å². The molecule has 1 heterocycles. The van der Waals surface area contributed by atoms with Crippen molar-refractivity contribution < 1.29 is 0 Å². The van der Waals surface area contributed by atoms with Crippen LogP contribution in [0.25, 0.3) is 0 Å². The van der Waals surface area contributed by atoms with Gasteiger partial charge in [0.15, 0.2) is 0 Å². The molecule has 0 amide bonds. The Kier molecular flexibility index (Phi) is 3.13. The molecule has 1 aromatic heterocycles. The summed E-state index contributed by atoms with van der Waals surface area (Å²) in [5.41, 5.74) is 1.51. The average molecular weight is 230 g/mol. The average Bonchev–Trinajstić information content (AvgIpc) is 2.34. The van der Waals surface area contributed by atoms with E-state index < -0.39 is 5.92 Å². The molecular weight excluding hydrogens is 222 g/mol. The van der Waals surface area contributed by atoms with E-state index in [0.29, 0.717) is 10.7 Å². The summed E-state index contributed by atoms with van der Waals surface area (Å²) in [6.45, 7) is 0. The minimum absolute atomic E-state index is 0.397. The van der Waals surface area contributed by atoms with Crippen LogP contribution >= 0.6 is 11.6 Å². The van der Waals surface area contributed by atoms with Crippen LogP contribution in [-0.2, 0) is 0 Å². The Bertz CT molecular complexity index is 502. The molecule has 2 rings (SSSR count). The Hall–Kier alpha value is -1.92. The van der Waals surface area contributed by atoms with Gasteiger partial charge in [-0.3, -0.25) is 0 Å². The van der Waals surface area contributed by atoms with Crippen molar-refractivity contribution in [2.24, 2.45) is 0 Å². The summed E-state index contributed by atoms with van der Waals surface area (Å²) in [5.74, 6) is -0.397. The number of halogens is 1. The maximum atomic E-state index is 9.15. The molecule has 0 spiro atoms. The van der Waals surface area contributed by atoms with Gasteiger partial charge in [-0.25, -0.2) is 0 Å². The lowest BCUT2D eigenvalue weighted by molar-refractivity contribution is 0.884. The molecule has 78 valence electrons. The first-order valence-corrected chi connectivity index (χ1v) is 5.12. The van der Waals surface area contributed by atoms with E-state index in [9.17, 15) is 0 Å². The number of hydrogen-bond acceptors (Lipinski definition) is 3. The second-order valence-corrected chi connectivity index (χ2v) is 3.70. The molecular formula is C12H8ClN3. The van der Waals surface area contributed by atoms with E-state index in [-0.39, 0.29) is 0 Å². The smallest absolute Gasteiger partial charge is 0.115 e. The molecule has 3 nitrogen and oxygen atoms in total. The van der Waals surface area contributed by atoms with Crippen LogP contribution in [0.3, 0.4) is 0 Å². The fraction of sp³-hybridized carbons (Fsp3) is 0.0833. The Morgan fingerprint density at radius 3 is 2.50 bits per heavy atom. The zero-order valence-electron chi connectivity index (χ0n) is 8.34. The van der Waals surface area contributed by atoms with E-state index in [1.807, 2.05) is 12.1 Å². The molecule has 1 atom stereocenters. The van der Waals surface area contributed by atoms with Crippen LogP contribution in [0.2, 0.25) is 5.02 Å². The largest absolute Gasteiger partial charge is 0.197 e. The van der Waals surface area contributed by atoms with Crippen LogP contribution < -0.4 is 0 Å². The van der Waals surface area contributed by atoms with Crippen LogP contribution in [0.5, 0.6) is 0 Å². The van der Waals surface area contributed by atoms with Crippen molar-refractivity contribution in [3.63, 3.8) is 0 Å². The third-order valence-electron chi connectivity index (χ3n) is 2.22. The lowest BCUT2D eigenvalue weighted by Gasteiger charge is -2.07. The molecule has 0 radical (unpaired) electrons. The van der Waals surface area contributed by atoms with Gasteiger partial charge in [0.2, 0.25) is 0 Å². The Morgan fingerprint density at radius 1 is 1.19 bits per heavy atom. The molecule has 1 unspecified atom stereocenters. The molecule has 0 bridgehead atoms. The first-order chi connectivity index (χ1) is 7.81. The number of hydrogen-bond donors (Lipinski definition) is 0. The fourth-order valence-corrected chi connectivity index (χ4v) is 1.56. The summed E-state index contributed by atoms with van der Waals surface area (Å²) in [6.07, 6.45) is 1.58. The van der Waals surface area contributed by atoms with E-state index in [4.69, 9.17) is 16.9 Å². The Balaban J connectivity index is 2.38. The third kappa shape index (κ3) is 2.18. The maximum Gasteiger partial charge on any atom is 0.115 e. The molecule has 1 aromatic carbocycles. The van der Waals surface area contributed by atoms with Crippen molar-refractivity contribution in [2.45, 2.75) is 5.92 Å². The third-order valence-corrected chi connectivity index (χ3v) is 2.47. The zero-order chi connectivity index (χ0) is 11.4. The quantitative estimate of drug-likeness (QED) is 0.796. The molecule has 16 heavy (non-hydrogen) atoms. The van der Waals surface area contributed by atoms with Crippen LogP contribution in [0, 0.1) is 11.3 Å². The number of nitriles is 1. The minimum atomic E-state index is -0.397. The van der Waals surface area contributed by atoms with Gasteiger partial charge in [0.1, 0.15) is 5.92 Å². The fourth-order valence-electron chi connectivity index (χ4n) is 1.43. The van der Waals surface area contributed by atoms with Gasteiger partial charge >= 0.3 is 0 Å². The molecule has 0 aliphatic carbocycles. The van der Waals surface area contributed by atoms with E-state index in [1.165, 1.54) is 0 Å². The van der Waals surface area contributed by atoms with Gasteiger partial charge < -0.3 is 0 Å². The van der Waals surface area contributed by atoms with E-state index in [2.05, 4.69) is 16.3 Å². The maximum absolute atomic E-state index is 9.15. The number of nitrogens with zero attached hydrogens (tertiary/aromatic N) is 3. The molecule has 0 aliphatic rings. The predicted molar refractivity (Wildman–Crippen MR) is 60.9 cm³/mol. The lowest BCUT2D eigenvalue weighted by atomic mass is 9.97. The number of rotatable bonds is 2. The highest BCUT2D eigenvalue weighted by Gasteiger charge is 2.14. The van der Waals surface area contributed by atoms with Gasteiger partial charge in [0.05, 0.1) is 11.8 Å². The summed E-state index contributed by atoms with van der Waals surface area (Å²) in [7, 11) is 0. The van der Waals surface area contributed by atoms with Gasteiger partial charge in [-0.15, -0.1) is 0 Å². The minimum Gasteiger partial charge on any atom is -0.197 e. The normalized spacial score (nSPS) is 11.8. The molecule has 2 aromatic rings.